The summed E-state index contributed by atoms with van der Waals surface area (Å²) in [5, 5.41) is 17.9. The molecule has 1 aromatic heterocycles. The average Bonchev–Trinajstić information content (AvgIpc) is 2.53. The maximum absolute atomic E-state index is 10.1. The van der Waals surface area contributed by atoms with Gasteiger partial charge in [-0.25, -0.2) is 0 Å². The van der Waals surface area contributed by atoms with Crippen LogP contribution >= 0.6 is 0 Å². The molecule has 106 valence electrons. The van der Waals surface area contributed by atoms with E-state index in [1.807, 2.05) is 24.3 Å². The molecule has 1 atom stereocenters. The van der Waals surface area contributed by atoms with Crippen LogP contribution in [0, 0.1) is 0 Å². The van der Waals surface area contributed by atoms with Gasteiger partial charge in [-0.15, -0.1) is 10.2 Å². The number of aliphatic hydroxyl groups excluding tert-OH is 1. The molecule has 20 heavy (non-hydrogen) atoms. The molecule has 1 N–H and O–H groups in total. The van der Waals surface area contributed by atoms with Crippen LogP contribution in [0.15, 0.2) is 36.4 Å². The van der Waals surface area contributed by atoms with Gasteiger partial charge in [-0.05, 0) is 36.6 Å². The second-order valence-corrected chi connectivity index (χ2v) is 4.40. The Morgan fingerprint density at radius 1 is 1.00 bits per heavy atom. The maximum Gasteiger partial charge on any atom is 0.233 e. The van der Waals surface area contributed by atoms with Gasteiger partial charge in [-0.3, -0.25) is 0 Å². The van der Waals surface area contributed by atoms with Crippen LogP contribution in [0.5, 0.6) is 11.6 Å². The van der Waals surface area contributed by atoms with Crippen molar-refractivity contribution in [3.8, 4) is 11.6 Å². The minimum Gasteiger partial charge on any atom is -0.497 e. The largest absolute Gasteiger partial charge is 0.497 e. The Bertz CT molecular complexity index is 526. The first-order valence-electron chi connectivity index (χ1n) is 6.41. The summed E-state index contributed by atoms with van der Waals surface area (Å²) < 4.78 is 10.0. The monoisotopic (exact) mass is 274 g/mol. The normalized spacial score (nSPS) is 11.9. The van der Waals surface area contributed by atoms with Gasteiger partial charge in [0.25, 0.3) is 0 Å². The number of benzene rings is 1. The number of nitrogens with zero attached hydrogens (tertiary/aromatic N) is 2. The van der Waals surface area contributed by atoms with E-state index in [1.54, 1.807) is 19.2 Å². The first kappa shape index (κ1) is 14.3. The Morgan fingerprint density at radius 2 is 1.75 bits per heavy atom. The molecule has 2 aromatic rings. The smallest absolute Gasteiger partial charge is 0.233 e. The highest BCUT2D eigenvalue weighted by atomic mass is 16.5. The van der Waals surface area contributed by atoms with Crippen molar-refractivity contribution >= 4 is 0 Å². The topological polar surface area (TPSA) is 64.5 Å². The van der Waals surface area contributed by atoms with Gasteiger partial charge in [0.2, 0.25) is 5.88 Å². The Hall–Kier alpha value is -2.14. The predicted octanol–water partition coefficient (Wildman–Crippen LogP) is 2.16. The number of hydrogen-bond donors (Lipinski definition) is 1. The van der Waals surface area contributed by atoms with E-state index in [9.17, 15) is 5.11 Å². The Kier molecular flexibility index (Phi) is 4.90. The van der Waals surface area contributed by atoms with Crippen molar-refractivity contribution in [2.45, 2.75) is 18.9 Å². The van der Waals surface area contributed by atoms with Crippen LogP contribution in [0.4, 0.5) is 0 Å². The highest BCUT2D eigenvalue weighted by Crippen LogP contribution is 2.19. The lowest BCUT2D eigenvalue weighted by Gasteiger charge is -2.10. The molecule has 0 saturated heterocycles. The van der Waals surface area contributed by atoms with E-state index in [-0.39, 0.29) is 0 Å². The quantitative estimate of drug-likeness (QED) is 0.874. The fourth-order valence-electron chi connectivity index (χ4n) is 1.86. The van der Waals surface area contributed by atoms with Crippen LogP contribution in [0.1, 0.15) is 23.8 Å². The Labute approximate surface area is 118 Å². The van der Waals surface area contributed by atoms with Crippen LogP contribution in [0.2, 0.25) is 0 Å². The third kappa shape index (κ3) is 3.68. The molecule has 1 unspecified atom stereocenters. The van der Waals surface area contributed by atoms with Gasteiger partial charge in [0.05, 0.1) is 26.0 Å². The van der Waals surface area contributed by atoms with Crippen LogP contribution in [-0.4, -0.2) is 29.5 Å². The summed E-state index contributed by atoms with van der Waals surface area (Å²) in [7, 11) is 3.17. The number of hydrogen-bond acceptors (Lipinski definition) is 5. The molecule has 1 heterocycles. The van der Waals surface area contributed by atoms with E-state index >= 15 is 0 Å². The highest BCUT2D eigenvalue weighted by Gasteiger charge is 2.10. The lowest BCUT2D eigenvalue weighted by molar-refractivity contribution is 0.161. The van der Waals surface area contributed by atoms with Crippen molar-refractivity contribution in [2.75, 3.05) is 14.2 Å². The van der Waals surface area contributed by atoms with Crippen LogP contribution < -0.4 is 9.47 Å². The van der Waals surface area contributed by atoms with Crippen molar-refractivity contribution in [3.63, 3.8) is 0 Å². The zero-order valence-electron chi connectivity index (χ0n) is 11.6. The molecule has 0 aliphatic heterocycles. The number of aromatic nitrogens is 2. The van der Waals surface area contributed by atoms with Gasteiger partial charge in [0, 0.05) is 6.07 Å². The SMILES string of the molecule is COc1ccc(CCC(O)c2ccc(OC)nn2)cc1. The Balaban J connectivity index is 1.91. The van der Waals surface area contributed by atoms with Gasteiger partial charge in [0.1, 0.15) is 5.75 Å². The van der Waals surface area contributed by atoms with Gasteiger partial charge >= 0.3 is 0 Å². The lowest BCUT2D eigenvalue weighted by atomic mass is 10.0. The highest BCUT2D eigenvalue weighted by molar-refractivity contribution is 5.27. The third-order valence-corrected chi connectivity index (χ3v) is 3.08. The summed E-state index contributed by atoms with van der Waals surface area (Å²) in [5.74, 6) is 1.27. The van der Waals surface area contributed by atoms with Crippen LogP contribution in [0.3, 0.4) is 0 Å². The lowest BCUT2D eigenvalue weighted by Crippen LogP contribution is -2.04. The number of methoxy groups -OCH3 is 2. The number of ether oxygens (including phenoxy) is 2. The minimum absolute atomic E-state index is 0.441. The molecule has 0 radical (unpaired) electrons. The van der Waals surface area contributed by atoms with Crippen molar-refractivity contribution in [3.05, 3.63) is 47.7 Å². The predicted molar refractivity (Wildman–Crippen MR) is 74.9 cm³/mol. The number of aliphatic hydroxyl groups is 1. The first-order chi connectivity index (χ1) is 9.72. The van der Waals surface area contributed by atoms with Gasteiger partial charge < -0.3 is 14.6 Å². The van der Waals surface area contributed by atoms with E-state index in [4.69, 9.17) is 9.47 Å². The molecule has 0 amide bonds. The molecule has 0 fully saturated rings. The molecular formula is C15H18N2O3. The summed E-state index contributed by atoms with van der Waals surface area (Å²) in [6.07, 6.45) is 0.724. The number of aryl methyl sites for hydroxylation is 1. The summed E-state index contributed by atoms with van der Waals surface area (Å²) in [5.41, 5.74) is 1.70. The van der Waals surface area contributed by atoms with Gasteiger partial charge in [0.15, 0.2) is 0 Å². The van der Waals surface area contributed by atoms with E-state index in [1.165, 1.54) is 7.11 Å². The molecule has 0 spiro atoms. The fraction of sp³-hybridized carbons (Fsp3) is 0.333. The molecular weight excluding hydrogens is 256 g/mol. The summed E-state index contributed by atoms with van der Waals surface area (Å²) in [6, 6.07) is 11.2. The molecule has 0 aliphatic rings. The second-order valence-electron chi connectivity index (χ2n) is 4.40. The first-order valence-corrected chi connectivity index (χ1v) is 6.41. The maximum atomic E-state index is 10.1. The minimum atomic E-state index is -0.629. The van der Waals surface area contributed by atoms with Crippen LogP contribution in [-0.2, 0) is 6.42 Å². The van der Waals surface area contributed by atoms with Crippen molar-refractivity contribution in [2.24, 2.45) is 0 Å². The van der Waals surface area contributed by atoms with Crippen molar-refractivity contribution in [1.29, 1.82) is 0 Å². The van der Waals surface area contributed by atoms with E-state index in [0.29, 0.717) is 18.0 Å². The summed E-state index contributed by atoms with van der Waals surface area (Å²) in [6.45, 7) is 0. The number of rotatable bonds is 6. The second kappa shape index (κ2) is 6.86. The molecule has 2 rings (SSSR count). The van der Waals surface area contributed by atoms with Crippen molar-refractivity contribution in [1.82, 2.24) is 10.2 Å². The van der Waals surface area contributed by atoms with Crippen LogP contribution in [0.25, 0.3) is 0 Å². The molecule has 5 nitrogen and oxygen atoms in total. The van der Waals surface area contributed by atoms with Gasteiger partial charge in [-0.2, -0.15) is 0 Å². The zero-order chi connectivity index (χ0) is 14.4. The fourth-order valence-corrected chi connectivity index (χ4v) is 1.86. The standard InChI is InChI=1S/C15H18N2O3/c1-19-12-6-3-11(4-7-12)5-9-14(18)13-8-10-15(20-2)17-16-13/h3-4,6-8,10,14,18H,5,9H2,1-2H3. The third-order valence-electron chi connectivity index (χ3n) is 3.08. The van der Waals surface area contributed by atoms with E-state index < -0.39 is 6.10 Å². The Morgan fingerprint density at radius 3 is 2.30 bits per heavy atom. The zero-order valence-corrected chi connectivity index (χ0v) is 11.6. The van der Waals surface area contributed by atoms with E-state index in [0.717, 1.165) is 17.7 Å². The average molecular weight is 274 g/mol. The molecule has 0 bridgehead atoms. The summed E-state index contributed by atoms with van der Waals surface area (Å²) in [4.78, 5) is 0. The molecule has 0 saturated carbocycles. The van der Waals surface area contributed by atoms with E-state index in [2.05, 4.69) is 10.2 Å². The summed E-state index contributed by atoms with van der Waals surface area (Å²) >= 11 is 0. The van der Waals surface area contributed by atoms with Crippen molar-refractivity contribution < 1.29 is 14.6 Å². The van der Waals surface area contributed by atoms with Gasteiger partial charge in [-0.1, -0.05) is 12.1 Å². The molecule has 1 aromatic carbocycles. The molecule has 5 heteroatoms. The molecule has 0 aliphatic carbocycles.